The van der Waals surface area contributed by atoms with Gasteiger partial charge in [-0.3, -0.25) is 10.1 Å². The first-order valence-electron chi connectivity index (χ1n) is 5.13. The SMILES string of the molecule is CNCc1cnn(-c2ccc([N+](=O)[O-])cc2)c1. The van der Waals surface area contributed by atoms with Gasteiger partial charge in [0.05, 0.1) is 16.8 Å². The first-order valence-corrected chi connectivity index (χ1v) is 5.13. The van der Waals surface area contributed by atoms with Crippen LogP contribution < -0.4 is 5.32 Å². The smallest absolute Gasteiger partial charge is 0.269 e. The topological polar surface area (TPSA) is 73.0 Å². The lowest BCUT2D eigenvalue weighted by atomic mass is 10.3. The van der Waals surface area contributed by atoms with Gasteiger partial charge in [0.15, 0.2) is 0 Å². The summed E-state index contributed by atoms with van der Waals surface area (Å²) in [6, 6.07) is 6.28. The normalized spacial score (nSPS) is 10.4. The first-order chi connectivity index (χ1) is 8.20. The van der Waals surface area contributed by atoms with Crippen LogP contribution in [0, 0.1) is 10.1 Å². The molecule has 0 amide bonds. The van der Waals surface area contributed by atoms with Gasteiger partial charge in [-0.15, -0.1) is 0 Å². The highest BCUT2D eigenvalue weighted by atomic mass is 16.6. The van der Waals surface area contributed by atoms with Crippen molar-refractivity contribution in [2.45, 2.75) is 6.54 Å². The maximum absolute atomic E-state index is 10.5. The molecule has 0 saturated carbocycles. The minimum atomic E-state index is -0.417. The van der Waals surface area contributed by atoms with E-state index in [0.29, 0.717) is 0 Å². The molecule has 6 nitrogen and oxygen atoms in total. The van der Waals surface area contributed by atoms with Crippen LogP contribution in [0.25, 0.3) is 5.69 Å². The van der Waals surface area contributed by atoms with Crippen molar-refractivity contribution >= 4 is 5.69 Å². The van der Waals surface area contributed by atoms with E-state index >= 15 is 0 Å². The lowest BCUT2D eigenvalue weighted by Crippen LogP contribution is -2.03. The van der Waals surface area contributed by atoms with Crippen molar-refractivity contribution in [1.82, 2.24) is 15.1 Å². The first kappa shape index (κ1) is 11.3. The lowest BCUT2D eigenvalue weighted by molar-refractivity contribution is -0.384. The van der Waals surface area contributed by atoms with Crippen LogP contribution in [0.1, 0.15) is 5.56 Å². The van der Waals surface area contributed by atoms with Crippen LogP contribution in [0.3, 0.4) is 0 Å². The largest absolute Gasteiger partial charge is 0.316 e. The van der Waals surface area contributed by atoms with E-state index in [2.05, 4.69) is 10.4 Å². The number of nitrogens with one attached hydrogen (secondary N) is 1. The fourth-order valence-corrected chi connectivity index (χ4v) is 1.52. The Bertz CT molecular complexity index is 519. The number of hydrogen-bond donors (Lipinski definition) is 1. The standard InChI is InChI=1S/C11H12N4O2/c1-12-6-9-7-13-14(8-9)10-2-4-11(5-3-10)15(16)17/h2-5,7-8,12H,6H2,1H3. The number of non-ortho nitro benzene ring substituents is 1. The molecule has 0 bridgehead atoms. The molecule has 0 spiro atoms. The molecule has 0 fully saturated rings. The molecule has 0 unspecified atom stereocenters. The number of rotatable bonds is 4. The summed E-state index contributed by atoms with van der Waals surface area (Å²) in [6.07, 6.45) is 3.65. The van der Waals surface area contributed by atoms with Crippen LogP contribution in [0.2, 0.25) is 0 Å². The molecule has 88 valence electrons. The second kappa shape index (κ2) is 4.75. The van der Waals surface area contributed by atoms with Crippen molar-refractivity contribution in [2.75, 3.05) is 7.05 Å². The molecule has 0 aliphatic rings. The Morgan fingerprint density at radius 1 is 1.41 bits per heavy atom. The van der Waals surface area contributed by atoms with Crippen molar-refractivity contribution in [1.29, 1.82) is 0 Å². The molecule has 1 aromatic heterocycles. The molecule has 0 radical (unpaired) electrons. The molecule has 0 saturated heterocycles. The quantitative estimate of drug-likeness (QED) is 0.640. The second-order valence-electron chi connectivity index (χ2n) is 3.60. The average Bonchev–Trinajstić information content (AvgIpc) is 2.78. The van der Waals surface area contributed by atoms with Gasteiger partial charge in [0.25, 0.3) is 5.69 Å². The minimum absolute atomic E-state index is 0.0800. The second-order valence-corrected chi connectivity index (χ2v) is 3.60. The molecule has 1 N–H and O–H groups in total. The molecule has 0 aliphatic carbocycles. The van der Waals surface area contributed by atoms with Gasteiger partial charge in [0.1, 0.15) is 0 Å². The van der Waals surface area contributed by atoms with E-state index in [9.17, 15) is 10.1 Å². The third-order valence-electron chi connectivity index (χ3n) is 2.34. The molecule has 6 heteroatoms. The van der Waals surface area contributed by atoms with Crippen LogP contribution in [-0.4, -0.2) is 21.8 Å². The summed E-state index contributed by atoms with van der Waals surface area (Å²) in [7, 11) is 1.86. The number of hydrogen-bond acceptors (Lipinski definition) is 4. The number of nitro groups is 1. The summed E-state index contributed by atoms with van der Waals surface area (Å²) in [5, 5.41) is 17.7. The molecule has 17 heavy (non-hydrogen) atoms. The van der Waals surface area contributed by atoms with Crippen LogP contribution in [0.4, 0.5) is 5.69 Å². The Kier molecular flexibility index (Phi) is 3.15. The third kappa shape index (κ3) is 2.48. The van der Waals surface area contributed by atoms with Gasteiger partial charge in [-0.25, -0.2) is 4.68 Å². The number of benzene rings is 1. The molecule has 1 heterocycles. The van der Waals surface area contributed by atoms with Gasteiger partial charge in [0, 0.05) is 30.4 Å². The van der Waals surface area contributed by atoms with Crippen molar-refractivity contribution < 1.29 is 4.92 Å². The van der Waals surface area contributed by atoms with Crippen molar-refractivity contribution in [3.8, 4) is 5.69 Å². The Labute approximate surface area is 98.0 Å². The molecule has 2 aromatic rings. The van der Waals surface area contributed by atoms with E-state index in [0.717, 1.165) is 17.8 Å². The summed E-state index contributed by atoms with van der Waals surface area (Å²) >= 11 is 0. The van der Waals surface area contributed by atoms with E-state index in [1.807, 2.05) is 13.2 Å². The minimum Gasteiger partial charge on any atom is -0.316 e. The zero-order chi connectivity index (χ0) is 12.3. The van der Waals surface area contributed by atoms with E-state index in [-0.39, 0.29) is 5.69 Å². The Hall–Kier alpha value is -2.21. The highest BCUT2D eigenvalue weighted by molar-refractivity contribution is 5.40. The van der Waals surface area contributed by atoms with Crippen molar-refractivity contribution in [2.24, 2.45) is 0 Å². The highest BCUT2D eigenvalue weighted by Gasteiger charge is 2.05. The molecule has 2 rings (SSSR count). The third-order valence-corrected chi connectivity index (χ3v) is 2.34. The number of aromatic nitrogens is 2. The van der Waals surface area contributed by atoms with Crippen molar-refractivity contribution in [3.63, 3.8) is 0 Å². The van der Waals surface area contributed by atoms with Crippen LogP contribution >= 0.6 is 0 Å². The Morgan fingerprint density at radius 3 is 2.71 bits per heavy atom. The van der Waals surface area contributed by atoms with Gasteiger partial charge in [-0.2, -0.15) is 5.10 Å². The molecular formula is C11H12N4O2. The summed E-state index contributed by atoms with van der Waals surface area (Å²) < 4.78 is 1.69. The summed E-state index contributed by atoms with van der Waals surface area (Å²) in [5.74, 6) is 0. The average molecular weight is 232 g/mol. The number of nitrogens with zero attached hydrogens (tertiary/aromatic N) is 3. The van der Waals surface area contributed by atoms with Gasteiger partial charge < -0.3 is 5.32 Å². The van der Waals surface area contributed by atoms with Gasteiger partial charge in [0.2, 0.25) is 0 Å². The number of nitro benzene ring substituents is 1. The predicted molar refractivity (Wildman–Crippen MR) is 63.0 cm³/mol. The van der Waals surface area contributed by atoms with E-state index < -0.39 is 4.92 Å². The predicted octanol–water partition coefficient (Wildman–Crippen LogP) is 1.50. The fourth-order valence-electron chi connectivity index (χ4n) is 1.52. The summed E-state index contributed by atoms with van der Waals surface area (Å²) in [6.45, 7) is 0.743. The molecule has 0 aliphatic heterocycles. The van der Waals surface area contributed by atoms with Crippen LogP contribution in [-0.2, 0) is 6.54 Å². The van der Waals surface area contributed by atoms with E-state index in [4.69, 9.17) is 0 Å². The Balaban J connectivity index is 2.23. The summed E-state index contributed by atoms with van der Waals surface area (Å²) in [4.78, 5) is 10.1. The zero-order valence-electron chi connectivity index (χ0n) is 9.33. The van der Waals surface area contributed by atoms with E-state index in [1.165, 1.54) is 12.1 Å². The van der Waals surface area contributed by atoms with Gasteiger partial charge in [-0.1, -0.05) is 0 Å². The van der Waals surface area contributed by atoms with Crippen molar-refractivity contribution in [3.05, 3.63) is 52.3 Å². The maximum atomic E-state index is 10.5. The molecule has 1 aromatic carbocycles. The van der Waals surface area contributed by atoms with E-state index in [1.54, 1.807) is 23.0 Å². The monoisotopic (exact) mass is 232 g/mol. The Morgan fingerprint density at radius 2 is 2.12 bits per heavy atom. The van der Waals surface area contributed by atoms with Gasteiger partial charge >= 0.3 is 0 Å². The lowest BCUT2D eigenvalue weighted by Gasteiger charge is -2.00. The molecular weight excluding hydrogens is 220 g/mol. The highest BCUT2D eigenvalue weighted by Crippen LogP contribution is 2.14. The fraction of sp³-hybridized carbons (Fsp3) is 0.182. The molecule has 0 atom stereocenters. The summed E-state index contributed by atoms with van der Waals surface area (Å²) in [5.41, 5.74) is 1.94. The van der Waals surface area contributed by atoms with Gasteiger partial charge in [-0.05, 0) is 19.2 Å². The maximum Gasteiger partial charge on any atom is 0.269 e. The van der Waals surface area contributed by atoms with Crippen LogP contribution in [0.5, 0.6) is 0 Å². The van der Waals surface area contributed by atoms with Crippen LogP contribution in [0.15, 0.2) is 36.7 Å². The zero-order valence-corrected chi connectivity index (χ0v) is 9.33.